The fourth-order valence-corrected chi connectivity index (χ4v) is 3.63. The van der Waals surface area contributed by atoms with Crippen LogP contribution in [0.4, 0.5) is 5.69 Å². The van der Waals surface area contributed by atoms with E-state index < -0.39 is 15.9 Å². The Bertz CT molecular complexity index is 939. The van der Waals surface area contributed by atoms with Crippen molar-refractivity contribution in [1.82, 2.24) is 10.3 Å². The van der Waals surface area contributed by atoms with Gasteiger partial charge in [0.15, 0.2) is 0 Å². The fraction of sp³-hybridized carbons (Fsp3) is 0.222. The molecule has 1 aliphatic rings. The molecule has 0 aromatic heterocycles. The number of carbonyl (C=O) groups excluding carboxylic acids is 2. The highest BCUT2D eigenvalue weighted by molar-refractivity contribution is 7.89. The van der Waals surface area contributed by atoms with Gasteiger partial charge in [0, 0.05) is 24.2 Å². The Kier molecular flexibility index (Phi) is 5.06. The summed E-state index contributed by atoms with van der Waals surface area (Å²) < 4.78 is 24.7. The number of nitrogens with one attached hydrogen (secondary N) is 2. The minimum atomic E-state index is -3.92. The third-order valence-corrected chi connectivity index (χ3v) is 5.48. The smallest absolute Gasteiger partial charge is 0.266 e. The highest BCUT2D eigenvalue weighted by Crippen LogP contribution is 2.22. The zero-order valence-corrected chi connectivity index (χ0v) is 15.0. The molecule has 2 N–H and O–H groups in total. The largest absolute Gasteiger partial charge is 0.312 e. The van der Waals surface area contributed by atoms with Crippen LogP contribution in [0.5, 0.6) is 0 Å². The number of carbonyl (C=O) groups is 2. The second-order valence-electron chi connectivity index (χ2n) is 6.02. The van der Waals surface area contributed by atoms with E-state index in [1.54, 1.807) is 48.2 Å². The van der Waals surface area contributed by atoms with Gasteiger partial charge >= 0.3 is 0 Å². The molecule has 1 aliphatic heterocycles. The third-order valence-electron chi connectivity index (χ3n) is 4.22. The molecular weight excluding hydrogens is 354 g/mol. The number of nitrogens with zero attached hydrogens (tertiary/aromatic N) is 1. The normalized spacial score (nSPS) is 14.5. The average Bonchev–Trinajstić information content (AvgIpc) is 3.06. The molecule has 0 bridgehead atoms. The molecule has 0 atom stereocenters. The SMILES string of the molecule is Cc1ccccc1C(=O)NNS(=O)(=O)c1ccc(N2CCCC2=O)cc1. The number of amides is 2. The van der Waals surface area contributed by atoms with Gasteiger partial charge in [-0.3, -0.25) is 15.0 Å². The van der Waals surface area contributed by atoms with Crippen LogP contribution in [0, 0.1) is 6.92 Å². The molecule has 1 saturated heterocycles. The number of hydrogen-bond acceptors (Lipinski definition) is 4. The van der Waals surface area contributed by atoms with E-state index in [0.717, 1.165) is 12.0 Å². The first kappa shape index (κ1) is 18.1. The van der Waals surface area contributed by atoms with Gasteiger partial charge in [0.05, 0.1) is 4.90 Å². The van der Waals surface area contributed by atoms with Gasteiger partial charge in [-0.1, -0.05) is 18.2 Å². The molecule has 0 unspecified atom stereocenters. The van der Waals surface area contributed by atoms with E-state index >= 15 is 0 Å². The number of anilines is 1. The van der Waals surface area contributed by atoms with Crippen molar-refractivity contribution in [3.63, 3.8) is 0 Å². The molecular formula is C18H19N3O4S. The van der Waals surface area contributed by atoms with Gasteiger partial charge in [0.1, 0.15) is 0 Å². The van der Waals surface area contributed by atoms with Gasteiger partial charge < -0.3 is 4.90 Å². The number of hydrazine groups is 1. The number of aryl methyl sites for hydroxylation is 1. The highest BCUT2D eigenvalue weighted by Gasteiger charge is 2.22. The molecule has 136 valence electrons. The van der Waals surface area contributed by atoms with E-state index in [1.807, 2.05) is 0 Å². The highest BCUT2D eigenvalue weighted by atomic mass is 32.2. The summed E-state index contributed by atoms with van der Waals surface area (Å²) in [7, 11) is -3.92. The summed E-state index contributed by atoms with van der Waals surface area (Å²) in [5.74, 6) is -0.504. The Morgan fingerprint density at radius 2 is 1.77 bits per heavy atom. The minimum absolute atomic E-state index is 0.00187. The van der Waals surface area contributed by atoms with Gasteiger partial charge in [-0.15, -0.1) is 4.83 Å². The summed E-state index contributed by atoms with van der Waals surface area (Å²) in [6.45, 7) is 2.40. The van der Waals surface area contributed by atoms with Crippen LogP contribution in [0.3, 0.4) is 0 Å². The van der Waals surface area contributed by atoms with Gasteiger partial charge in [0.25, 0.3) is 15.9 Å². The maximum absolute atomic E-state index is 12.3. The maximum Gasteiger partial charge on any atom is 0.266 e. The Morgan fingerprint density at radius 3 is 2.38 bits per heavy atom. The van der Waals surface area contributed by atoms with E-state index in [1.165, 1.54) is 12.1 Å². The predicted octanol–water partition coefficient (Wildman–Crippen LogP) is 1.75. The Morgan fingerprint density at radius 1 is 1.08 bits per heavy atom. The lowest BCUT2D eigenvalue weighted by atomic mass is 10.1. The first-order valence-electron chi connectivity index (χ1n) is 8.17. The Labute approximate surface area is 152 Å². The lowest BCUT2D eigenvalue weighted by molar-refractivity contribution is -0.117. The van der Waals surface area contributed by atoms with Crippen molar-refractivity contribution in [2.24, 2.45) is 0 Å². The number of rotatable bonds is 5. The van der Waals surface area contributed by atoms with Gasteiger partial charge in [-0.2, -0.15) is 0 Å². The van der Waals surface area contributed by atoms with E-state index in [0.29, 0.717) is 24.2 Å². The standard InChI is InChI=1S/C18H19N3O4S/c1-13-5-2-3-6-16(13)18(23)19-20-26(24,25)15-10-8-14(9-11-15)21-12-4-7-17(21)22/h2-3,5-6,8-11,20H,4,7,12H2,1H3,(H,19,23). The van der Waals surface area contributed by atoms with E-state index in [2.05, 4.69) is 10.3 Å². The number of sulfonamides is 1. The average molecular weight is 373 g/mol. The van der Waals surface area contributed by atoms with Crippen LogP contribution in [0.1, 0.15) is 28.8 Å². The van der Waals surface area contributed by atoms with Crippen LogP contribution in [-0.2, 0) is 14.8 Å². The van der Waals surface area contributed by atoms with Crippen molar-refractivity contribution in [3.05, 3.63) is 59.7 Å². The van der Waals surface area contributed by atoms with Crippen LogP contribution in [0.15, 0.2) is 53.4 Å². The zero-order valence-electron chi connectivity index (χ0n) is 14.2. The predicted molar refractivity (Wildman–Crippen MR) is 97.0 cm³/mol. The van der Waals surface area contributed by atoms with Gasteiger partial charge in [-0.25, -0.2) is 8.42 Å². The molecule has 0 spiro atoms. The van der Waals surface area contributed by atoms with Crippen LogP contribution < -0.4 is 15.2 Å². The molecule has 8 heteroatoms. The van der Waals surface area contributed by atoms with Gasteiger partial charge in [-0.05, 0) is 49.2 Å². The first-order valence-corrected chi connectivity index (χ1v) is 9.65. The summed E-state index contributed by atoms with van der Waals surface area (Å²) in [5, 5.41) is 0. The summed E-state index contributed by atoms with van der Waals surface area (Å²) in [4.78, 5) is 27.6. The van der Waals surface area contributed by atoms with Crippen molar-refractivity contribution in [1.29, 1.82) is 0 Å². The Balaban J connectivity index is 1.69. The molecule has 0 radical (unpaired) electrons. The van der Waals surface area contributed by atoms with Crippen molar-refractivity contribution in [3.8, 4) is 0 Å². The van der Waals surface area contributed by atoms with Crippen molar-refractivity contribution >= 4 is 27.5 Å². The van der Waals surface area contributed by atoms with E-state index in [4.69, 9.17) is 0 Å². The molecule has 1 heterocycles. The molecule has 1 fully saturated rings. The topological polar surface area (TPSA) is 95.6 Å². The first-order chi connectivity index (χ1) is 12.4. The van der Waals surface area contributed by atoms with Crippen molar-refractivity contribution in [2.45, 2.75) is 24.7 Å². The minimum Gasteiger partial charge on any atom is -0.312 e. The maximum atomic E-state index is 12.3. The third kappa shape index (κ3) is 3.76. The van der Waals surface area contributed by atoms with Crippen LogP contribution in [0.25, 0.3) is 0 Å². The lowest BCUT2D eigenvalue weighted by Gasteiger charge is -2.16. The zero-order chi connectivity index (χ0) is 18.7. The lowest BCUT2D eigenvalue weighted by Crippen LogP contribution is -2.41. The molecule has 2 aromatic rings. The number of benzene rings is 2. The second-order valence-corrected chi connectivity index (χ2v) is 7.70. The Hall–Kier alpha value is -2.71. The molecule has 0 aliphatic carbocycles. The fourth-order valence-electron chi connectivity index (χ4n) is 2.79. The molecule has 26 heavy (non-hydrogen) atoms. The molecule has 0 saturated carbocycles. The molecule has 2 aromatic carbocycles. The summed E-state index contributed by atoms with van der Waals surface area (Å²) in [6.07, 6.45) is 1.30. The number of hydrogen-bond donors (Lipinski definition) is 2. The van der Waals surface area contributed by atoms with E-state index in [9.17, 15) is 18.0 Å². The monoisotopic (exact) mass is 373 g/mol. The van der Waals surface area contributed by atoms with Crippen molar-refractivity contribution < 1.29 is 18.0 Å². The van der Waals surface area contributed by atoms with Gasteiger partial charge in [0.2, 0.25) is 5.91 Å². The summed E-state index contributed by atoms with van der Waals surface area (Å²) in [6, 6.07) is 12.9. The molecule has 3 rings (SSSR count). The second kappa shape index (κ2) is 7.27. The van der Waals surface area contributed by atoms with Crippen LogP contribution in [0.2, 0.25) is 0 Å². The van der Waals surface area contributed by atoms with E-state index in [-0.39, 0.29) is 10.8 Å². The van der Waals surface area contributed by atoms with Crippen LogP contribution >= 0.6 is 0 Å². The van der Waals surface area contributed by atoms with Crippen LogP contribution in [-0.4, -0.2) is 26.8 Å². The quantitative estimate of drug-likeness (QED) is 0.781. The molecule has 7 nitrogen and oxygen atoms in total. The summed E-state index contributed by atoms with van der Waals surface area (Å²) >= 11 is 0. The molecule has 2 amide bonds. The summed E-state index contributed by atoms with van der Waals surface area (Å²) in [5.41, 5.74) is 4.00. The van der Waals surface area contributed by atoms with Crippen molar-refractivity contribution in [2.75, 3.05) is 11.4 Å².